The number of nitrogens with zero attached hydrogens (tertiary/aromatic N) is 5. The van der Waals surface area contributed by atoms with Crippen molar-refractivity contribution in [2.24, 2.45) is 4.99 Å². The molecule has 0 aromatic carbocycles. The predicted molar refractivity (Wildman–Crippen MR) is 93.2 cm³/mol. The number of aliphatic imine (C=N–C) groups is 1. The molecule has 0 N–H and O–H groups in total. The Morgan fingerprint density at radius 1 is 1.16 bits per heavy atom. The molecule has 1 rings (SSSR count). The fourth-order valence-corrected chi connectivity index (χ4v) is 2.30. The Bertz CT molecular complexity index is 708. The van der Waals surface area contributed by atoms with Gasteiger partial charge in [-0.15, -0.1) is 11.5 Å². The largest absolute Gasteiger partial charge is 0.478 e. The molecule has 0 aromatic rings. The van der Waals surface area contributed by atoms with Gasteiger partial charge in [0.15, 0.2) is 6.10 Å². The first-order valence-corrected chi connectivity index (χ1v) is 8.21. The van der Waals surface area contributed by atoms with E-state index in [1.807, 2.05) is 12.5 Å². The maximum Gasteiger partial charge on any atom is 0.420 e. The maximum absolute atomic E-state index is 12.2. The second-order valence-electron chi connectivity index (χ2n) is 5.50. The van der Waals surface area contributed by atoms with Crippen LogP contribution in [0.5, 0.6) is 0 Å². The molecular weight excluding hydrogens is 422 g/mol. The van der Waals surface area contributed by atoms with Crippen molar-refractivity contribution in [1.82, 2.24) is 22.1 Å². The minimum atomic E-state index is -2.44. The van der Waals surface area contributed by atoms with E-state index in [9.17, 15) is 29.7 Å². The molecule has 0 aliphatic carbocycles. The average molecular weight is 431 g/mol. The lowest BCUT2D eigenvalue weighted by Crippen LogP contribution is -2.60. The molecule has 2 amide bonds. The number of ether oxygens (including phenoxy) is 1. The van der Waals surface area contributed by atoms with Crippen LogP contribution in [0, 0.1) is 65.1 Å². The van der Waals surface area contributed by atoms with Gasteiger partial charge in [-0.2, -0.15) is 0 Å². The van der Waals surface area contributed by atoms with E-state index < -0.39 is 59.8 Å². The molecule has 0 saturated heterocycles. The SMILES string of the molecule is [CH2][C][C][C][C][C][C]C(=O)[N][C@@H]([C@@H]1OC(C([O])=O)=[C][C@H](N=C([N])[N])[C@H]1[N]C([CH2])=O)[C@H]([O])[C][O]. The molecule has 1 heterocycles. The first-order valence-electron chi connectivity index (χ1n) is 8.21. The number of amides is 2. The summed E-state index contributed by atoms with van der Waals surface area (Å²) in [6, 6.07) is -5.48. The minimum absolute atomic E-state index is 1.02. The first-order chi connectivity index (χ1) is 15.1. The quantitative estimate of drug-likeness (QED) is 0.173. The summed E-state index contributed by atoms with van der Waals surface area (Å²) in [6.45, 7) is 7.20. The molecule has 1 aliphatic heterocycles. The fourth-order valence-electron chi connectivity index (χ4n) is 2.30. The van der Waals surface area contributed by atoms with Gasteiger partial charge in [0.25, 0.3) is 11.9 Å². The van der Waals surface area contributed by atoms with Crippen LogP contribution in [-0.2, 0) is 34.4 Å². The van der Waals surface area contributed by atoms with E-state index in [0.717, 1.165) is 6.61 Å². The molecule has 0 unspecified atom stereocenters. The number of hydrogen-bond acceptors (Lipinski definition) is 5. The average Bonchev–Trinajstić information content (AvgIpc) is 2.71. The van der Waals surface area contributed by atoms with E-state index in [4.69, 9.17) is 16.2 Å². The lowest BCUT2D eigenvalue weighted by molar-refractivity contribution is -0.147. The van der Waals surface area contributed by atoms with E-state index in [-0.39, 0.29) is 0 Å². The molecule has 0 spiro atoms. The van der Waals surface area contributed by atoms with Gasteiger partial charge in [-0.05, 0) is 26.2 Å². The Kier molecular flexibility index (Phi) is 11.5. The number of carbonyl (C=O) groups excluding carboxylic acids is 3. The highest BCUT2D eigenvalue weighted by atomic mass is 16.5. The van der Waals surface area contributed by atoms with Crippen molar-refractivity contribution in [2.75, 3.05) is 0 Å². The van der Waals surface area contributed by atoms with E-state index in [0.29, 0.717) is 0 Å². The van der Waals surface area contributed by atoms with Crippen LogP contribution >= 0.6 is 0 Å². The normalized spacial score (nSPS) is 22.0. The fraction of sp³-hybridized carbons (Fsp3) is 0.250. The zero-order valence-electron chi connectivity index (χ0n) is 15.9. The summed E-state index contributed by atoms with van der Waals surface area (Å²) in [4.78, 5) is 37.9. The van der Waals surface area contributed by atoms with Crippen LogP contribution in [0.25, 0.3) is 0 Å². The van der Waals surface area contributed by atoms with Crippen molar-refractivity contribution < 1.29 is 34.4 Å². The van der Waals surface area contributed by atoms with Gasteiger partial charge in [0.2, 0.25) is 18.3 Å². The van der Waals surface area contributed by atoms with Gasteiger partial charge in [-0.25, -0.2) is 35.7 Å². The molecule has 12 nitrogen and oxygen atoms in total. The summed E-state index contributed by atoms with van der Waals surface area (Å²) in [6.07, 6.45) is 10.5. The van der Waals surface area contributed by atoms with E-state index >= 15 is 0 Å². The van der Waals surface area contributed by atoms with Crippen LogP contribution in [0.4, 0.5) is 0 Å². The van der Waals surface area contributed by atoms with Gasteiger partial charge in [0.05, 0.1) is 6.42 Å². The van der Waals surface area contributed by atoms with Crippen LogP contribution in [-0.4, -0.2) is 54.1 Å². The summed E-state index contributed by atoms with van der Waals surface area (Å²) in [5, 5.41) is 41.3. The molecule has 0 bridgehead atoms. The summed E-state index contributed by atoms with van der Waals surface area (Å²) >= 11 is 0. The van der Waals surface area contributed by atoms with Crippen molar-refractivity contribution in [3.63, 3.8) is 0 Å². The Labute approximate surface area is 187 Å². The van der Waals surface area contributed by atoms with E-state index in [1.54, 1.807) is 0 Å². The standard InChI is InChI=1S/C20H9N5O7/c1-3-4-5-6-7-8-15(29)25-17(13(28)10-26)18-16(23-11(2)27)12(24-20(21)22)9-14(32-18)19(30)31/h12-13,16-18H,1-2H2/t12-,13+,16+,17+,18+/m0/s1. The summed E-state index contributed by atoms with van der Waals surface area (Å²) in [7, 11) is 0. The lowest BCUT2D eigenvalue weighted by Gasteiger charge is -2.37. The van der Waals surface area contributed by atoms with Crippen LogP contribution < -0.4 is 22.1 Å². The first kappa shape index (κ1) is 27.2. The molecule has 12 heteroatoms. The molecule has 0 fully saturated rings. The summed E-state index contributed by atoms with van der Waals surface area (Å²) in [5.74, 6) is -7.01. The molecule has 32 heavy (non-hydrogen) atoms. The monoisotopic (exact) mass is 431 g/mol. The molecule has 0 aromatic heterocycles. The third kappa shape index (κ3) is 8.71. The number of carbonyl (C=O) groups is 3. The summed E-state index contributed by atoms with van der Waals surface area (Å²) < 4.78 is 5.03. The zero-order chi connectivity index (χ0) is 24.3. The third-order valence-electron chi connectivity index (χ3n) is 3.40. The van der Waals surface area contributed by atoms with Gasteiger partial charge < -0.3 is 4.74 Å². The second-order valence-corrected chi connectivity index (χ2v) is 5.50. The van der Waals surface area contributed by atoms with Gasteiger partial charge in [-0.3, -0.25) is 9.59 Å². The molecular formula is C20H9N5O7. The lowest BCUT2D eigenvalue weighted by atomic mass is 9.90. The maximum atomic E-state index is 12.2. The van der Waals surface area contributed by atoms with Crippen molar-refractivity contribution in [1.29, 1.82) is 0 Å². The highest BCUT2D eigenvalue weighted by molar-refractivity contribution is 5.87. The van der Waals surface area contributed by atoms with Gasteiger partial charge in [-0.1, -0.05) is 0 Å². The van der Waals surface area contributed by atoms with Crippen LogP contribution in [0.2, 0.25) is 0 Å². The molecule has 1 aliphatic rings. The van der Waals surface area contributed by atoms with E-state index in [1.165, 1.54) is 0 Å². The van der Waals surface area contributed by atoms with Crippen molar-refractivity contribution >= 4 is 23.7 Å². The Morgan fingerprint density at radius 2 is 1.81 bits per heavy atom. The van der Waals surface area contributed by atoms with Crippen molar-refractivity contribution in [3.05, 3.63) is 70.8 Å². The Morgan fingerprint density at radius 3 is 2.34 bits per heavy atom. The minimum Gasteiger partial charge on any atom is -0.478 e. The van der Waals surface area contributed by atoms with E-state index in [2.05, 4.69) is 61.6 Å². The number of hydrogen-bond donors (Lipinski definition) is 0. The van der Waals surface area contributed by atoms with Crippen LogP contribution in [0.3, 0.4) is 0 Å². The molecule has 0 saturated carbocycles. The topological polar surface area (TPSA) is 205 Å². The Balaban J connectivity index is 3.18. The van der Waals surface area contributed by atoms with Crippen LogP contribution in [0.15, 0.2) is 10.8 Å². The van der Waals surface area contributed by atoms with Gasteiger partial charge >= 0.3 is 5.97 Å². The van der Waals surface area contributed by atoms with Gasteiger partial charge in [0, 0.05) is 25.8 Å². The van der Waals surface area contributed by atoms with Crippen molar-refractivity contribution in [3.8, 4) is 0 Å². The van der Waals surface area contributed by atoms with Gasteiger partial charge in [0.1, 0.15) is 24.2 Å². The highest BCUT2D eigenvalue weighted by Crippen LogP contribution is 2.26. The Hall–Kier alpha value is -2.86. The third-order valence-corrected chi connectivity index (χ3v) is 3.40. The highest BCUT2D eigenvalue weighted by Gasteiger charge is 2.48. The second kappa shape index (κ2) is 13.5. The molecule has 26 radical (unpaired) electrons. The smallest absolute Gasteiger partial charge is 0.420 e. The predicted octanol–water partition coefficient (Wildman–Crippen LogP) is -2.69. The van der Waals surface area contributed by atoms with Crippen molar-refractivity contribution in [2.45, 2.75) is 30.3 Å². The number of rotatable bonds is 13. The summed E-state index contributed by atoms with van der Waals surface area (Å²) in [5.41, 5.74) is 18.1. The van der Waals surface area contributed by atoms with Crippen LogP contribution in [0.1, 0.15) is 0 Å². The number of guanidine groups is 1. The molecule has 156 valence electrons. The zero-order valence-corrected chi connectivity index (χ0v) is 15.9. The number of unbranched alkanes of at least 4 members (excludes halogenated alkanes) is 4. The molecule has 5 atom stereocenters.